The van der Waals surface area contributed by atoms with E-state index in [-0.39, 0.29) is 0 Å². The van der Waals surface area contributed by atoms with Crippen LogP contribution in [-0.2, 0) is 14.4 Å². The van der Waals surface area contributed by atoms with E-state index in [0.717, 1.165) is 86.0 Å². The molecule has 0 radical (unpaired) electrons. The molecular formula is C41H51N3O7S. The first-order valence-electron chi connectivity index (χ1n) is 18.4. The number of para-hydroxylation sites is 1. The Bertz CT molecular complexity index is 1670. The Hall–Kier alpha value is -4.74. The van der Waals surface area contributed by atoms with Gasteiger partial charge in [0.05, 0.1) is 41.8 Å². The van der Waals surface area contributed by atoms with Gasteiger partial charge in [0, 0.05) is 18.2 Å². The Kier molecular flexibility index (Phi) is 17.7. The maximum Gasteiger partial charge on any atom is 0.343 e. The largest absolute Gasteiger partial charge is 0.494 e. The van der Waals surface area contributed by atoms with Crippen LogP contribution in [0.25, 0.3) is 10.2 Å². The molecule has 0 spiro atoms. The van der Waals surface area contributed by atoms with Gasteiger partial charge in [0.25, 0.3) is 0 Å². The highest BCUT2D eigenvalue weighted by Crippen LogP contribution is 2.30. The SMILES string of the molecule is C=CC(=O)OCCCCCCOc1ccc(C(=O)Oc2ccc(OOCCCCC)cc2/C=N/N(CCCCCC)c2nc3ccccc3s2)cc1. The summed E-state index contributed by atoms with van der Waals surface area (Å²) in [6.45, 7) is 9.83. The number of carbonyl (C=O) groups excluding carboxylic acids is 2. The minimum Gasteiger partial charge on any atom is -0.494 e. The third kappa shape index (κ3) is 13.8. The number of anilines is 1. The van der Waals surface area contributed by atoms with E-state index in [2.05, 4.69) is 26.5 Å². The molecule has 10 nitrogen and oxygen atoms in total. The summed E-state index contributed by atoms with van der Waals surface area (Å²) < 4.78 is 17.9. The van der Waals surface area contributed by atoms with Crippen molar-refractivity contribution in [3.8, 4) is 17.2 Å². The smallest absolute Gasteiger partial charge is 0.343 e. The van der Waals surface area contributed by atoms with Gasteiger partial charge in [0.2, 0.25) is 5.13 Å². The van der Waals surface area contributed by atoms with Gasteiger partial charge in [-0.15, -0.1) is 0 Å². The summed E-state index contributed by atoms with van der Waals surface area (Å²) in [6, 6.07) is 20.1. The molecule has 0 aliphatic rings. The molecule has 0 N–H and O–H groups in total. The average molecular weight is 730 g/mol. The summed E-state index contributed by atoms with van der Waals surface area (Å²) in [5.74, 6) is 0.572. The maximum absolute atomic E-state index is 13.3. The molecule has 0 bridgehead atoms. The fourth-order valence-corrected chi connectivity index (χ4v) is 6.06. The Morgan fingerprint density at radius 1 is 0.827 bits per heavy atom. The van der Waals surface area contributed by atoms with Crippen LogP contribution in [-0.4, -0.2) is 49.5 Å². The predicted molar refractivity (Wildman–Crippen MR) is 208 cm³/mol. The molecule has 0 fully saturated rings. The van der Waals surface area contributed by atoms with Crippen LogP contribution in [0.1, 0.15) is 100 Å². The number of esters is 2. The quantitative estimate of drug-likeness (QED) is 0.0125. The molecule has 278 valence electrons. The van der Waals surface area contributed by atoms with Crippen molar-refractivity contribution in [3.63, 3.8) is 0 Å². The Balaban J connectivity index is 1.42. The third-order valence-corrected chi connectivity index (χ3v) is 9.09. The van der Waals surface area contributed by atoms with Crippen LogP contribution in [0, 0.1) is 0 Å². The predicted octanol–water partition coefficient (Wildman–Crippen LogP) is 10.1. The minimum absolute atomic E-state index is 0.335. The highest BCUT2D eigenvalue weighted by molar-refractivity contribution is 7.22. The van der Waals surface area contributed by atoms with Crippen LogP contribution < -0.4 is 19.4 Å². The summed E-state index contributed by atoms with van der Waals surface area (Å²) in [5.41, 5.74) is 1.87. The van der Waals surface area contributed by atoms with Gasteiger partial charge in [-0.3, -0.25) is 0 Å². The number of hydrogen-bond acceptors (Lipinski definition) is 11. The van der Waals surface area contributed by atoms with E-state index in [1.807, 2.05) is 23.2 Å². The fraction of sp³-hybridized carbons (Fsp3) is 0.415. The summed E-state index contributed by atoms with van der Waals surface area (Å²) >= 11 is 1.59. The van der Waals surface area contributed by atoms with Crippen molar-refractivity contribution in [3.05, 3.63) is 90.5 Å². The number of ether oxygens (including phenoxy) is 3. The van der Waals surface area contributed by atoms with Gasteiger partial charge in [-0.25, -0.2) is 19.6 Å². The monoisotopic (exact) mass is 729 g/mol. The molecule has 11 heteroatoms. The van der Waals surface area contributed by atoms with Gasteiger partial charge in [0.1, 0.15) is 11.5 Å². The van der Waals surface area contributed by atoms with Crippen LogP contribution in [0.3, 0.4) is 0 Å². The molecule has 0 aliphatic carbocycles. The topological polar surface area (TPSA) is 109 Å². The average Bonchev–Trinajstić information content (AvgIpc) is 3.60. The highest BCUT2D eigenvalue weighted by Gasteiger charge is 2.15. The van der Waals surface area contributed by atoms with E-state index in [9.17, 15) is 9.59 Å². The number of rotatable bonds is 25. The van der Waals surface area contributed by atoms with Crippen LogP contribution in [0.15, 0.2) is 84.5 Å². The number of hydrogen-bond donors (Lipinski definition) is 0. The van der Waals surface area contributed by atoms with E-state index in [4.69, 9.17) is 34.1 Å². The van der Waals surface area contributed by atoms with Crippen LogP contribution >= 0.6 is 11.3 Å². The molecule has 0 aliphatic heterocycles. The summed E-state index contributed by atoms with van der Waals surface area (Å²) in [4.78, 5) is 40.3. The highest BCUT2D eigenvalue weighted by atomic mass is 32.1. The number of hydrazone groups is 1. The first kappa shape index (κ1) is 40.0. The number of unbranched alkanes of at least 4 members (excludes halogenated alkanes) is 8. The maximum atomic E-state index is 13.3. The van der Waals surface area contributed by atoms with Crippen molar-refractivity contribution >= 4 is 44.8 Å². The lowest BCUT2D eigenvalue weighted by atomic mass is 10.2. The molecule has 0 saturated heterocycles. The van der Waals surface area contributed by atoms with Gasteiger partial charge in [-0.05, 0) is 93.1 Å². The fourth-order valence-electron chi connectivity index (χ4n) is 5.11. The second-order valence-corrected chi connectivity index (χ2v) is 13.3. The first-order chi connectivity index (χ1) is 25.5. The van der Waals surface area contributed by atoms with E-state index in [1.165, 1.54) is 6.08 Å². The number of fused-ring (bicyclic) bond motifs is 1. The van der Waals surface area contributed by atoms with Gasteiger partial charge < -0.3 is 19.1 Å². The van der Waals surface area contributed by atoms with Crippen LogP contribution in [0.2, 0.25) is 0 Å². The number of carbonyl (C=O) groups is 2. The molecule has 0 saturated carbocycles. The van der Waals surface area contributed by atoms with Crippen LogP contribution in [0.4, 0.5) is 5.13 Å². The van der Waals surface area contributed by atoms with E-state index >= 15 is 0 Å². The molecule has 0 amide bonds. The van der Waals surface area contributed by atoms with Crippen molar-refractivity contribution in [2.45, 2.75) is 84.5 Å². The summed E-state index contributed by atoms with van der Waals surface area (Å²) in [6.07, 6.45) is 13.8. The number of benzene rings is 3. The molecule has 1 heterocycles. The zero-order valence-corrected chi connectivity index (χ0v) is 31.2. The Morgan fingerprint density at radius 3 is 2.31 bits per heavy atom. The third-order valence-electron chi connectivity index (χ3n) is 8.04. The van der Waals surface area contributed by atoms with Gasteiger partial charge in [-0.2, -0.15) is 9.99 Å². The molecular weight excluding hydrogens is 679 g/mol. The zero-order chi connectivity index (χ0) is 36.8. The normalized spacial score (nSPS) is 11.1. The van der Waals surface area contributed by atoms with Gasteiger partial charge in [0.15, 0.2) is 5.75 Å². The van der Waals surface area contributed by atoms with E-state index in [0.29, 0.717) is 54.7 Å². The lowest BCUT2D eigenvalue weighted by Crippen LogP contribution is -2.18. The van der Waals surface area contributed by atoms with E-state index < -0.39 is 11.9 Å². The number of nitrogens with zero attached hydrogens (tertiary/aromatic N) is 3. The van der Waals surface area contributed by atoms with Gasteiger partial charge in [-0.1, -0.05) is 76.0 Å². The Labute approximate surface area is 311 Å². The molecule has 3 aromatic carbocycles. The van der Waals surface area contributed by atoms with Crippen molar-refractivity contribution in [1.29, 1.82) is 0 Å². The minimum atomic E-state index is -0.509. The second kappa shape index (κ2) is 22.9. The molecule has 4 aromatic rings. The Morgan fingerprint density at radius 2 is 1.54 bits per heavy atom. The molecule has 0 unspecified atom stereocenters. The molecule has 1 aromatic heterocycles. The summed E-state index contributed by atoms with van der Waals surface area (Å²) in [7, 11) is 0. The number of thiazole rings is 1. The van der Waals surface area contributed by atoms with Crippen molar-refractivity contribution in [1.82, 2.24) is 4.98 Å². The lowest BCUT2D eigenvalue weighted by molar-refractivity contribution is -0.207. The van der Waals surface area contributed by atoms with Crippen LogP contribution in [0.5, 0.6) is 17.2 Å². The zero-order valence-electron chi connectivity index (χ0n) is 30.4. The summed E-state index contributed by atoms with van der Waals surface area (Å²) in [5, 5.41) is 7.58. The van der Waals surface area contributed by atoms with Crippen molar-refractivity contribution in [2.24, 2.45) is 5.10 Å². The lowest BCUT2D eigenvalue weighted by Gasteiger charge is -2.16. The second-order valence-electron chi connectivity index (χ2n) is 12.3. The molecule has 4 rings (SSSR count). The van der Waals surface area contributed by atoms with Gasteiger partial charge >= 0.3 is 11.9 Å². The standard InChI is InChI=1S/C41H51N3O7S/c1-4-7-9-14-26-44(41-43-36-18-12-13-19-38(36)52-41)42-31-33-30-35(51-49-29-15-8-5-2)24-25-37(33)50-40(46)32-20-22-34(23-21-32)47-27-16-10-11-17-28-48-39(45)6-3/h6,12-13,18-25,30-31H,3-5,7-11,14-17,26-29H2,1-2H3/b42-31+. The van der Waals surface area contributed by atoms with E-state index in [1.54, 1.807) is 60.0 Å². The molecule has 52 heavy (non-hydrogen) atoms. The van der Waals surface area contributed by atoms with Crippen molar-refractivity contribution in [2.75, 3.05) is 31.4 Å². The van der Waals surface area contributed by atoms with Crippen molar-refractivity contribution < 1.29 is 33.6 Å². The first-order valence-corrected chi connectivity index (χ1v) is 19.2. The number of aromatic nitrogens is 1. The molecule has 0 atom stereocenters.